The summed E-state index contributed by atoms with van der Waals surface area (Å²) in [6, 6.07) is 5.21. The molecular weight excluding hydrogens is 435 g/mol. The summed E-state index contributed by atoms with van der Waals surface area (Å²) in [5.41, 5.74) is -2.30. The van der Waals surface area contributed by atoms with E-state index in [2.05, 4.69) is 20.8 Å². The second-order valence-corrected chi connectivity index (χ2v) is 8.20. The Bertz CT molecular complexity index is 973. The minimum absolute atomic E-state index is 0.0682. The van der Waals surface area contributed by atoms with E-state index >= 15 is 0 Å². The number of carbonyl (C=O) groups is 1. The minimum atomic E-state index is -4.75. The summed E-state index contributed by atoms with van der Waals surface area (Å²) in [6.45, 7) is 1.15. The first-order valence-electron chi connectivity index (χ1n) is 10.2. The molecule has 1 saturated heterocycles. The van der Waals surface area contributed by atoms with Gasteiger partial charge in [0.1, 0.15) is 11.4 Å². The third-order valence-electron chi connectivity index (χ3n) is 5.95. The van der Waals surface area contributed by atoms with Crippen molar-refractivity contribution >= 4 is 11.9 Å². The summed E-state index contributed by atoms with van der Waals surface area (Å²) in [6.07, 6.45) is -4.89. The molecule has 6 nitrogen and oxygen atoms in total. The number of rotatable bonds is 5. The lowest BCUT2D eigenvalue weighted by Gasteiger charge is -2.34. The summed E-state index contributed by atoms with van der Waals surface area (Å²) in [4.78, 5) is 11.3. The predicted octanol–water partition coefficient (Wildman–Crippen LogP) is 5.18. The van der Waals surface area contributed by atoms with Crippen molar-refractivity contribution in [3.8, 4) is 11.3 Å². The number of nitrogens with one attached hydrogen (secondary N) is 2. The van der Waals surface area contributed by atoms with E-state index in [1.807, 2.05) is 0 Å². The van der Waals surface area contributed by atoms with Crippen LogP contribution in [0.15, 0.2) is 30.3 Å². The molecule has 1 spiro atoms. The summed E-state index contributed by atoms with van der Waals surface area (Å²) in [5, 5.41) is 13.7. The van der Waals surface area contributed by atoms with E-state index < -0.39 is 29.3 Å². The number of ether oxygens (including phenoxy) is 1. The van der Waals surface area contributed by atoms with Gasteiger partial charge < -0.3 is 15.4 Å². The van der Waals surface area contributed by atoms with Crippen LogP contribution < -0.4 is 10.6 Å². The molecule has 2 aromatic rings. The van der Waals surface area contributed by atoms with E-state index in [1.165, 1.54) is 6.07 Å². The Morgan fingerprint density at radius 3 is 2.47 bits per heavy atom. The number of amides is 1. The fourth-order valence-electron chi connectivity index (χ4n) is 4.11. The quantitative estimate of drug-likeness (QED) is 0.607. The molecule has 1 aliphatic heterocycles. The molecule has 11 heteroatoms. The van der Waals surface area contributed by atoms with Gasteiger partial charge in [0.2, 0.25) is 0 Å². The number of nitrogens with zero attached hydrogens (tertiary/aromatic N) is 2. The molecule has 172 valence electrons. The SMILES string of the molecule is O=C1NC[C@]2(CC[C@@H](CNc3ccc(-c4cc(C(F)F)cc(C(F)(F)F)c4)nn3)CC2)O1. The Hall–Kier alpha value is -2.98. The van der Waals surface area contributed by atoms with E-state index in [-0.39, 0.29) is 17.4 Å². The fourth-order valence-corrected chi connectivity index (χ4v) is 4.11. The summed E-state index contributed by atoms with van der Waals surface area (Å²) >= 11 is 0. The zero-order valence-corrected chi connectivity index (χ0v) is 16.9. The van der Waals surface area contributed by atoms with Crippen LogP contribution in [0.2, 0.25) is 0 Å². The maximum absolute atomic E-state index is 13.1. The average molecular weight is 456 g/mol. The van der Waals surface area contributed by atoms with Gasteiger partial charge in [0.25, 0.3) is 6.43 Å². The van der Waals surface area contributed by atoms with Crippen molar-refractivity contribution in [2.75, 3.05) is 18.4 Å². The molecule has 2 fully saturated rings. The van der Waals surface area contributed by atoms with E-state index in [1.54, 1.807) is 6.07 Å². The molecular formula is C21H21F5N4O2. The number of halogens is 5. The van der Waals surface area contributed by atoms with Gasteiger partial charge in [-0.1, -0.05) is 0 Å². The summed E-state index contributed by atoms with van der Waals surface area (Å²) in [7, 11) is 0. The second kappa shape index (κ2) is 8.51. The van der Waals surface area contributed by atoms with Crippen molar-refractivity contribution in [2.45, 2.75) is 43.9 Å². The van der Waals surface area contributed by atoms with Gasteiger partial charge >= 0.3 is 12.3 Å². The topological polar surface area (TPSA) is 76.1 Å². The van der Waals surface area contributed by atoms with E-state index in [9.17, 15) is 26.7 Å². The highest BCUT2D eigenvalue weighted by Gasteiger charge is 2.43. The molecule has 1 saturated carbocycles. The maximum Gasteiger partial charge on any atom is 0.416 e. The highest BCUT2D eigenvalue weighted by atomic mass is 19.4. The lowest BCUT2D eigenvalue weighted by Crippen LogP contribution is -2.39. The van der Waals surface area contributed by atoms with Gasteiger partial charge in [-0.3, -0.25) is 0 Å². The molecule has 4 rings (SSSR count). The molecule has 1 aromatic heterocycles. The van der Waals surface area contributed by atoms with Crippen LogP contribution >= 0.6 is 0 Å². The number of benzene rings is 1. The zero-order valence-electron chi connectivity index (χ0n) is 16.9. The lowest BCUT2D eigenvalue weighted by atomic mass is 9.79. The van der Waals surface area contributed by atoms with Gasteiger partial charge in [-0.25, -0.2) is 13.6 Å². The molecule has 1 amide bonds. The number of hydrogen-bond acceptors (Lipinski definition) is 5. The Morgan fingerprint density at radius 1 is 1.16 bits per heavy atom. The van der Waals surface area contributed by atoms with Crippen molar-refractivity contribution in [3.05, 3.63) is 41.5 Å². The lowest BCUT2D eigenvalue weighted by molar-refractivity contribution is -0.137. The van der Waals surface area contributed by atoms with E-state index in [0.29, 0.717) is 30.9 Å². The van der Waals surface area contributed by atoms with Crippen LogP contribution in [-0.4, -0.2) is 35.0 Å². The van der Waals surface area contributed by atoms with Gasteiger partial charge in [0.05, 0.1) is 17.8 Å². The van der Waals surface area contributed by atoms with Crippen LogP contribution in [0.3, 0.4) is 0 Å². The summed E-state index contributed by atoms with van der Waals surface area (Å²) < 4.78 is 70.7. The monoisotopic (exact) mass is 456 g/mol. The van der Waals surface area contributed by atoms with Crippen LogP contribution in [-0.2, 0) is 10.9 Å². The van der Waals surface area contributed by atoms with Crippen LogP contribution in [0.1, 0.15) is 43.2 Å². The molecule has 1 aromatic carbocycles. The molecule has 32 heavy (non-hydrogen) atoms. The smallest absolute Gasteiger partial charge is 0.416 e. The first-order valence-corrected chi connectivity index (χ1v) is 10.2. The number of hydrogen-bond donors (Lipinski definition) is 2. The van der Waals surface area contributed by atoms with Crippen LogP contribution in [0.25, 0.3) is 11.3 Å². The van der Waals surface area contributed by atoms with Crippen molar-refractivity contribution in [2.24, 2.45) is 5.92 Å². The van der Waals surface area contributed by atoms with Crippen LogP contribution in [0.5, 0.6) is 0 Å². The number of aromatic nitrogens is 2. The first-order chi connectivity index (χ1) is 15.1. The first kappa shape index (κ1) is 22.2. The minimum Gasteiger partial charge on any atom is -0.441 e. The molecule has 0 radical (unpaired) electrons. The molecule has 2 heterocycles. The fraction of sp³-hybridized carbons (Fsp3) is 0.476. The van der Waals surface area contributed by atoms with Crippen molar-refractivity contribution in [1.82, 2.24) is 15.5 Å². The normalized spacial score (nSPS) is 23.3. The molecule has 0 bridgehead atoms. The number of carbonyl (C=O) groups excluding carboxylic acids is 1. The number of alkyl carbamates (subject to hydrolysis) is 1. The van der Waals surface area contributed by atoms with E-state index in [0.717, 1.165) is 37.8 Å². The third kappa shape index (κ3) is 4.91. The highest BCUT2D eigenvalue weighted by Crippen LogP contribution is 2.37. The largest absolute Gasteiger partial charge is 0.441 e. The van der Waals surface area contributed by atoms with Crippen LogP contribution in [0.4, 0.5) is 32.6 Å². The second-order valence-electron chi connectivity index (χ2n) is 8.20. The molecule has 0 unspecified atom stereocenters. The van der Waals surface area contributed by atoms with Crippen molar-refractivity contribution in [3.63, 3.8) is 0 Å². The number of alkyl halides is 5. The maximum atomic E-state index is 13.1. The Balaban J connectivity index is 1.39. The average Bonchev–Trinajstić information content (AvgIpc) is 3.13. The molecule has 2 N–H and O–H groups in total. The molecule has 1 aliphatic carbocycles. The molecule has 0 atom stereocenters. The van der Waals surface area contributed by atoms with Crippen molar-refractivity contribution in [1.29, 1.82) is 0 Å². The van der Waals surface area contributed by atoms with Crippen molar-refractivity contribution < 1.29 is 31.5 Å². The highest BCUT2D eigenvalue weighted by molar-refractivity contribution is 5.70. The Kier molecular flexibility index (Phi) is 5.91. The van der Waals surface area contributed by atoms with Gasteiger partial charge in [-0.15, -0.1) is 10.2 Å². The summed E-state index contributed by atoms with van der Waals surface area (Å²) in [5.74, 6) is 0.780. The zero-order chi connectivity index (χ0) is 22.9. The standard InChI is InChI=1S/C21H21F5N4O2/c22-18(23)14-7-13(8-15(9-14)21(24,25)26)16-1-2-17(30-29-16)27-10-12-3-5-20(6-4-12)11-28-19(31)32-20/h1-2,7-9,12,18H,3-6,10-11H2,(H,27,30)(H,28,31)/t12-,20-. The third-order valence-corrected chi connectivity index (χ3v) is 5.95. The van der Waals surface area contributed by atoms with Crippen LogP contribution in [0, 0.1) is 5.92 Å². The Morgan fingerprint density at radius 2 is 1.91 bits per heavy atom. The molecule has 2 aliphatic rings. The Labute approximate surface area is 180 Å². The van der Waals surface area contributed by atoms with Gasteiger partial charge in [0, 0.05) is 17.7 Å². The van der Waals surface area contributed by atoms with E-state index in [4.69, 9.17) is 4.74 Å². The predicted molar refractivity (Wildman–Crippen MR) is 105 cm³/mol. The number of anilines is 1. The van der Waals surface area contributed by atoms with Gasteiger partial charge in [0.15, 0.2) is 0 Å². The van der Waals surface area contributed by atoms with Gasteiger partial charge in [-0.05, 0) is 61.9 Å². The van der Waals surface area contributed by atoms with Gasteiger partial charge in [-0.2, -0.15) is 13.2 Å².